The maximum absolute atomic E-state index is 14.2. The molecule has 4 aromatic rings. The molecule has 1 atom stereocenters. The Balaban J connectivity index is 1.87. The van der Waals surface area contributed by atoms with Gasteiger partial charge in [-0.2, -0.15) is 10.4 Å². The van der Waals surface area contributed by atoms with E-state index in [1.54, 1.807) is 29.9 Å². The van der Waals surface area contributed by atoms with Crippen LogP contribution in [0.5, 0.6) is 0 Å². The molecule has 1 aliphatic heterocycles. The number of amides is 1. The number of aryl methyl sites for hydroxylation is 1. The molecule has 0 aliphatic carbocycles. The summed E-state index contributed by atoms with van der Waals surface area (Å²) in [5, 5.41) is 14.9. The molecule has 0 spiro atoms. The van der Waals surface area contributed by atoms with Crippen LogP contribution in [0.4, 0.5) is 4.39 Å². The molecule has 0 fully saturated rings. The number of nitrogens with one attached hydrogen (secondary N) is 1. The Bertz CT molecular complexity index is 1410. The molecule has 31 heavy (non-hydrogen) atoms. The number of nitriles is 1. The van der Waals surface area contributed by atoms with Crippen LogP contribution >= 0.6 is 0 Å². The highest BCUT2D eigenvalue weighted by atomic mass is 19.1. The Morgan fingerprint density at radius 3 is 2.84 bits per heavy atom. The van der Waals surface area contributed by atoms with Gasteiger partial charge in [-0.05, 0) is 35.4 Å². The zero-order valence-electron chi connectivity index (χ0n) is 17.3. The van der Waals surface area contributed by atoms with Gasteiger partial charge < -0.3 is 9.88 Å². The van der Waals surface area contributed by atoms with Crippen molar-refractivity contribution in [3.8, 4) is 17.2 Å². The number of fused-ring (bicyclic) bond motifs is 4. The number of benzene rings is 1. The van der Waals surface area contributed by atoms with Gasteiger partial charge in [-0.25, -0.2) is 9.37 Å². The largest absolute Gasteiger partial charge is 0.346 e. The number of halogens is 1. The highest BCUT2D eigenvalue weighted by Crippen LogP contribution is 2.36. The van der Waals surface area contributed by atoms with Gasteiger partial charge in [0.05, 0.1) is 12.2 Å². The second kappa shape index (κ2) is 6.77. The Hall–Kier alpha value is -3.99. The summed E-state index contributed by atoms with van der Waals surface area (Å²) < 4.78 is 15.8. The van der Waals surface area contributed by atoms with Crippen LogP contribution in [0.15, 0.2) is 36.7 Å². The van der Waals surface area contributed by atoms with Crippen LogP contribution in [0.1, 0.15) is 45.7 Å². The lowest BCUT2D eigenvalue weighted by molar-refractivity contribution is 0.0781. The summed E-state index contributed by atoms with van der Waals surface area (Å²) in [7, 11) is 3.45. The van der Waals surface area contributed by atoms with Crippen molar-refractivity contribution in [2.75, 3.05) is 7.05 Å². The molecule has 1 aromatic carbocycles. The highest BCUT2D eigenvalue weighted by Gasteiger charge is 2.27. The Morgan fingerprint density at radius 1 is 1.26 bits per heavy atom. The number of H-pyrrole nitrogens is 1. The summed E-state index contributed by atoms with van der Waals surface area (Å²) in [5.41, 5.74) is 5.07. The minimum absolute atomic E-state index is 0.221. The van der Waals surface area contributed by atoms with E-state index in [2.05, 4.69) is 21.1 Å². The third kappa shape index (κ3) is 2.81. The second-order valence-electron chi connectivity index (χ2n) is 7.88. The van der Waals surface area contributed by atoms with Gasteiger partial charge >= 0.3 is 0 Å². The van der Waals surface area contributed by atoms with Gasteiger partial charge in [-0.3, -0.25) is 9.48 Å². The SMILES string of the molecule is C[C@@H]1c2cc(F)ccc2C(=O)N(C)Cc2c(c(C#N)nn2C)-c2cnc3[nH]cc1c3c2. The van der Waals surface area contributed by atoms with Crippen LogP contribution in [-0.4, -0.2) is 37.6 Å². The van der Waals surface area contributed by atoms with Crippen LogP contribution < -0.4 is 0 Å². The molecule has 2 bridgehead atoms. The van der Waals surface area contributed by atoms with Crippen LogP contribution in [0.2, 0.25) is 0 Å². The lowest BCUT2D eigenvalue weighted by Gasteiger charge is -2.23. The Kier molecular flexibility index (Phi) is 4.15. The zero-order valence-corrected chi connectivity index (χ0v) is 17.3. The van der Waals surface area contributed by atoms with Crippen molar-refractivity contribution in [1.29, 1.82) is 5.26 Å². The molecule has 4 heterocycles. The minimum Gasteiger partial charge on any atom is -0.346 e. The fourth-order valence-corrected chi connectivity index (χ4v) is 4.40. The van der Waals surface area contributed by atoms with Crippen LogP contribution in [0.3, 0.4) is 0 Å². The second-order valence-corrected chi connectivity index (χ2v) is 7.88. The van der Waals surface area contributed by atoms with Gasteiger partial charge in [-0.1, -0.05) is 6.92 Å². The molecule has 8 heteroatoms. The van der Waals surface area contributed by atoms with E-state index in [0.717, 1.165) is 22.2 Å². The fourth-order valence-electron chi connectivity index (χ4n) is 4.40. The molecule has 1 N–H and O–H groups in total. The maximum atomic E-state index is 14.2. The molecule has 1 aliphatic rings. The van der Waals surface area contributed by atoms with E-state index >= 15 is 0 Å². The average molecular weight is 414 g/mol. The normalized spacial score (nSPS) is 15.9. The number of pyridine rings is 1. The van der Waals surface area contributed by atoms with Crippen molar-refractivity contribution >= 4 is 16.9 Å². The standard InChI is InChI=1S/C23H19FN6O/c1-12-16-7-14(24)4-5-15(16)23(31)29(2)11-20-21(19(8-25)28-30(20)3)13-6-17-18(12)10-27-22(17)26-9-13/h4-7,9-10,12H,11H2,1-3H3,(H,26,27)/t12-/m1/s1. The van der Waals surface area contributed by atoms with Crippen molar-refractivity contribution < 1.29 is 9.18 Å². The minimum atomic E-state index is -0.389. The van der Waals surface area contributed by atoms with Crippen molar-refractivity contribution in [2.45, 2.75) is 19.4 Å². The van der Waals surface area contributed by atoms with E-state index in [4.69, 9.17) is 0 Å². The van der Waals surface area contributed by atoms with E-state index < -0.39 is 0 Å². The van der Waals surface area contributed by atoms with Gasteiger partial charge in [0.2, 0.25) is 0 Å². The summed E-state index contributed by atoms with van der Waals surface area (Å²) in [6.07, 6.45) is 3.55. The third-order valence-corrected chi connectivity index (χ3v) is 6.03. The number of hydrogen-bond acceptors (Lipinski definition) is 4. The number of aromatic nitrogens is 4. The summed E-state index contributed by atoms with van der Waals surface area (Å²) in [5.74, 6) is -0.863. The van der Waals surface area contributed by atoms with Gasteiger partial charge in [0.25, 0.3) is 5.91 Å². The van der Waals surface area contributed by atoms with Crippen LogP contribution in [0.25, 0.3) is 22.2 Å². The summed E-state index contributed by atoms with van der Waals surface area (Å²) in [4.78, 5) is 22.7. The smallest absolute Gasteiger partial charge is 0.254 e. The fraction of sp³-hybridized carbons (Fsp3) is 0.217. The molecule has 154 valence electrons. The van der Waals surface area contributed by atoms with Gasteiger partial charge in [0.15, 0.2) is 5.69 Å². The average Bonchev–Trinajstić information content (AvgIpc) is 3.32. The number of aromatic amines is 1. The molecule has 1 amide bonds. The van der Waals surface area contributed by atoms with Crippen molar-refractivity contribution in [3.63, 3.8) is 0 Å². The van der Waals surface area contributed by atoms with E-state index in [1.807, 2.05) is 19.2 Å². The Morgan fingerprint density at radius 2 is 2.06 bits per heavy atom. The van der Waals surface area contributed by atoms with E-state index in [-0.39, 0.29) is 29.9 Å². The summed E-state index contributed by atoms with van der Waals surface area (Å²) >= 11 is 0. The van der Waals surface area contributed by atoms with Crippen molar-refractivity contribution in [2.24, 2.45) is 7.05 Å². The third-order valence-electron chi connectivity index (χ3n) is 6.03. The zero-order chi connectivity index (χ0) is 21.9. The molecule has 0 saturated carbocycles. The molecule has 5 rings (SSSR count). The topological polar surface area (TPSA) is 90.6 Å². The van der Waals surface area contributed by atoms with E-state index in [0.29, 0.717) is 22.3 Å². The first kappa shape index (κ1) is 19.0. The quantitative estimate of drug-likeness (QED) is 0.475. The first-order valence-corrected chi connectivity index (χ1v) is 9.87. The molecule has 3 aromatic heterocycles. The van der Waals surface area contributed by atoms with Crippen molar-refractivity contribution in [1.82, 2.24) is 24.6 Å². The lowest BCUT2D eigenvalue weighted by Crippen LogP contribution is -2.29. The number of carbonyl (C=O) groups excluding carboxylic acids is 1. The number of nitrogens with zero attached hydrogens (tertiary/aromatic N) is 5. The number of carbonyl (C=O) groups is 1. The van der Waals surface area contributed by atoms with Gasteiger partial charge in [0, 0.05) is 54.5 Å². The molecule has 0 radical (unpaired) electrons. The molecular weight excluding hydrogens is 395 g/mol. The van der Waals surface area contributed by atoms with Crippen molar-refractivity contribution in [3.05, 3.63) is 70.6 Å². The van der Waals surface area contributed by atoms with Crippen LogP contribution in [0, 0.1) is 17.1 Å². The van der Waals surface area contributed by atoms with E-state index in [9.17, 15) is 14.4 Å². The predicted molar refractivity (Wildman–Crippen MR) is 113 cm³/mol. The first-order chi connectivity index (χ1) is 14.9. The highest BCUT2D eigenvalue weighted by molar-refractivity contribution is 5.96. The maximum Gasteiger partial charge on any atom is 0.254 e. The number of hydrogen-bond donors (Lipinski definition) is 1. The van der Waals surface area contributed by atoms with Gasteiger partial charge in [-0.15, -0.1) is 0 Å². The van der Waals surface area contributed by atoms with Gasteiger partial charge in [0.1, 0.15) is 17.5 Å². The molecule has 7 nitrogen and oxygen atoms in total. The lowest BCUT2D eigenvalue weighted by atomic mass is 9.88. The monoisotopic (exact) mass is 414 g/mol. The first-order valence-electron chi connectivity index (χ1n) is 9.87. The number of rotatable bonds is 0. The predicted octanol–water partition coefficient (Wildman–Crippen LogP) is 3.71. The Labute approximate surface area is 177 Å². The molecule has 0 unspecified atom stereocenters. The van der Waals surface area contributed by atoms with E-state index in [1.165, 1.54) is 18.2 Å². The van der Waals surface area contributed by atoms with Crippen LogP contribution in [-0.2, 0) is 13.6 Å². The summed E-state index contributed by atoms with van der Waals surface area (Å²) in [6.45, 7) is 2.19. The summed E-state index contributed by atoms with van der Waals surface area (Å²) in [6, 6.07) is 8.41. The molecule has 0 saturated heterocycles. The molecular formula is C23H19FN6O.